The quantitative estimate of drug-likeness (QED) is 0.274. The fourth-order valence-corrected chi connectivity index (χ4v) is 3.41. The van der Waals surface area contributed by atoms with Gasteiger partial charge in [0, 0.05) is 30.6 Å². The number of aromatic nitrogens is 1. The average molecular weight is 531 g/mol. The molecule has 29 heavy (non-hydrogen) atoms. The standard InChI is InChI=1S/C22H34N4OS.HI/c1-6-19-15-25-20(28-19)11-12-24-21(23-7-2)26-14-17-9-8-10-18(13-17)16-27-22(3,4)5;/h8-10,13,15H,6-7,11-12,14,16H2,1-5H3,(H2,23,24,26);1H. The van der Waals surface area contributed by atoms with Gasteiger partial charge in [-0.05, 0) is 45.2 Å². The van der Waals surface area contributed by atoms with E-state index < -0.39 is 0 Å². The van der Waals surface area contributed by atoms with Gasteiger partial charge < -0.3 is 15.4 Å². The van der Waals surface area contributed by atoms with Gasteiger partial charge in [-0.15, -0.1) is 35.3 Å². The van der Waals surface area contributed by atoms with Gasteiger partial charge in [-0.25, -0.2) is 9.98 Å². The fraction of sp³-hybridized carbons (Fsp3) is 0.545. The molecule has 2 aromatic rings. The van der Waals surface area contributed by atoms with Crippen LogP contribution in [0.2, 0.25) is 0 Å². The summed E-state index contributed by atoms with van der Waals surface area (Å²) in [6, 6.07) is 8.44. The zero-order valence-corrected chi connectivity index (χ0v) is 21.4. The normalized spacial score (nSPS) is 11.8. The maximum atomic E-state index is 5.87. The highest BCUT2D eigenvalue weighted by Gasteiger charge is 2.10. The number of halogens is 1. The van der Waals surface area contributed by atoms with Crippen molar-refractivity contribution in [3.05, 3.63) is 51.5 Å². The Bertz CT molecular complexity index is 755. The molecule has 162 valence electrons. The summed E-state index contributed by atoms with van der Waals surface area (Å²) in [6.07, 6.45) is 3.94. The van der Waals surface area contributed by atoms with Crippen LogP contribution in [0.25, 0.3) is 0 Å². The molecule has 1 aromatic heterocycles. The smallest absolute Gasteiger partial charge is 0.191 e. The van der Waals surface area contributed by atoms with Crippen molar-refractivity contribution < 1.29 is 4.74 Å². The SMILES string of the molecule is CCNC(=NCc1cccc(COC(C)(C)C)c1)NCCc1ncc(CC)s1.I. The first-order chi connectivity index (χ1) is 13.4. The number of nitrogens with zero attached hydrogens (tertiary/aromatic N) is 2. The molecular weight excluding hydrogens is 495 g/mol. The van der Waals surface area contributed by atoms with E-state index in [4.69, 9.17) is 9.73 Å². The number of aryl methyl sites for hydroxylation is 1. The summed E-state index contributed by atoms with van der Waals surface area (Å²) in [5.41, 5.74) is 2.22. The van der Waals surface area contributed by atoms with Crippen molar-refractivity contribution in [2.24, 2.45) is 4.99 Å². The Balaban J connectivity index is 0.00000420. The first kappa shape index (κ1) is 25.8. The lowest BCUT2D eigenvalue weighted by molar-refractivity contribution is -0.0149. The lowest BCUT2D eigenvalue weighted by Crippen LogP contribution is -2.38. The van der Waals surface area contributed by atoms with Gasteiger partial charge in [0.1, 0.15) is 0 Å². The van der Waals surface area contributed by atoms with Crippen molar-refractivity contribution in [3.8, 4) is 0 Å². The van der Waals surface area contributed by atoms with E-state index in [-0.39, 0.29) is 29.6 Å². The third kappa shape index (κ3) is 10.4. The Labute approximate surface area is 196 Å². The van der Waals surface area contributed by atoms with Gasteiger partial charge in [0.2, 0.25) is 0 Å². The van der Waals surface area contributed by atoms with Crippen LogP contribution in [0.4, 0.5) is 0 Å². The lowest BCUT2D eigenvalue weighted by Gasteiger charge is -2.19. The van der Waals surface area contributed by atoms with Crippen LogP contribution in [-0.4, -0.2) is 29.6 Å². The number of nitrogens with one attached hydrogen (secondary N) is 2. The van der Waals surface area contributed by atoms with Gasteiger partial charge >= 0.3 is 0 Å². The van der Waals surface area contributed by atoms with Gasteiger partial charge in [-0.2, -0.15) is 0 Å². The van der Waals surface area contributed by atoms with E-state index in [0.717, 1.165) is 31.9 Å². The monoisotopic (exact) mass is 530 g/mol. The fourth-order valence-electron chi connectivity index (χ4n) is 2.54. The van der Waals surface area contributed by atoms with Crippen molar-refractivity contribution in [3.63, 3.8) is 0 Å². The molecule has 1 aromatic carbocycles. The largest absolute Gasteiger partial charge is 0.371 e. The van der Waals surface area contributed by atoms with Crippen molar-refractivity contribution in [2.75, 3.05) is 13.1 Å². The van der Waals surface area contributed by atoms with Crippen molar-refractivity contribution in [1.29, 1.82) is 0 Å². The number of benzene rings is 1. The Kier molecular flexibility index (Phi) is 11.7. The molecule has 0 bridgehead atoms. The van der Waals surface area contributed by atoms with Crippen LogP contribution < -0.4 is 10.6 Å². The second kappa shape index (κ2) is 13.2. The van der Waals surface area contributed by atoms with E-state index in [9.17, 15) is 0 Å². The van der Waals surface area contributed by atoms with E-state index in [1.165, 1.54) is 21.0 Å². The molecule has 0 saturated carbocycles. The molecule has 0 atom stereocenters. The summed E-state index contributed by atoms with van der Waals surface area (Å²) < 4.78 is 5.87. The summed E-state index contributed by atoms with van der Waals surface area (Å²) in [7, 11) is 0. The van der Waals surface area contributed by atoms with Gasteiger partial charge in [0.25, 0.3) is 0 Å². The van der Waals surface area contributed by atoms with Gasteiger partial charge in [0.05, 0.1) is 23.8 Å². The maximum Gasteiger partial charge on any atom is 0.191 e. The molecule has 0 aliphatic carbocycles. The minimum Gasteiger partial charge on any atom is -0.371 e. The lowest BCUT2D eigenvalue weighted by atomic mass is 10.1. The molecule has 0 spiro atoms. The molecule has 0 unspecified atom stereocenters. The first-order valence-electron chi connectivity index (χ1n) is 10.1. The molecule has 0 saturated heterocycles. The van der Waals surface area contributed by atoms with Crippen LogP contribution in [0, 0.1) is 0 Å². The first-order valence-corrected chi connectivity index (χ1v) is 10.9. The van der Waals surface area contributed by atoms with Gasteiger partial charge in [0.15, 0.2) is 5.96 Å². The van der Waals surface area contributed by atoms with Crippen LogP contribution in [0.5, 0.6) is 0 Å². The third-order valence-electron chi connectivity index (χ3n) is 4.01. The van der Waals surface area contributed by atoms with Crippen LogP contribution in [0.3, 0.4) is 0 Å². The Morgan fingerprint density at radius 1 is 1.17 bits per heavy atom. The summed E-state index contributed by atoms with van der Waals surface area (Å²) in [5.74, 6) is 0.839. The minimum atomic E-state index is -0.133. The molecule has 0 amide bonds. The number of thiazole rings is 1. The zero-order chi connectivity index (χ0) is 20.4. The highest BCUT2D eigenvalue weighted by Crippen LogP contribution is 2.14. The molecule has 0 fully saturated rings. The predicted octanol–water partition coefficient (Wildman–Crippen LogP) is 4.94. The Hall–Kier alpha value is -1.19. The number of hydrogen-bond donors (Lipinski definition) is 2. The van der Waals surface area contributed by atoms with E-state index in [0.29, 0.717) is 13.2 Å². The molecule has 7 heteroatoms. The number of guanidine groups is 1. The molecule has 0 radical (unpaired) electrons. The van der Waals surface area contributed by atoms with E-state index in [2.05, 4.69) is 74.5 Å². The van der Waals surface area contributed by atoms with Crippen LogP contribution >= 0.6 is 35.3 Å². The summed E-state index contributed by atoms with van der Waals surface area (Å²) >= 11 is 1.79. The average Bonchev–Trinajstić information content (AvgIpc) is 3.12. The molecule has 2 rings (SSSR count). The number of aliphatic imine (C=N–C) groups is 1. The Morgan fingerprint density at radius 3 is 2.59 bits per heavy atom. The highest BCUT2D eigenvalue weighted by molar-refractivity contribution is 14.0. The van der Waals surface area contributed by atoms with Crippen LogP contribution in [0.15, 0.2) is 35.5 Å². The Morgan fingerprint density at radius 2 is 1.93 bits per heavy atom. The summed E-state index contributed by atoms with van der Waals surface area (Å²) in [6.45, 7) is 13.4. The van der Waals surface area contributed by atoms with Crippen molar-refractivity contribution in [1.82, 2.24) is 15.6 Å². The molecule has 5 nitrogen and oxygen atoms in total. The second-order valence-electron chi connectivity index (χ2n) is 7.67. The van der Waals surface area contributed by atoms with E-state index >= 15 is 0 Å². The summed E-state index contributed by atoms with van der Waals surface area (Å²) in [5, 5.41) is 7.89. The second-order valence-corrected chi connectivity index (χ2v) is 8.87. The highest BCUT2D eigenvalue weighted by atomic mass is 127. The number of ether oxygens (including phenoxy) is 1. The van der Waals surface area contributed by atoms with Crippen LogP contribution in [0.1, 0.15) is 55.6 Å². The van der Waals surface area contributed by atoms with Crippen LogP contribution in [-0.2, 0) is 30.7 Å². The van der Waals surface area contributed by atoms with E-state index in [1.54, 1.807) is 11.3 Å². The number of rotatable bonds is 9. The summed E-state index contributed by atoms with van der Waals surface area (Å²) in [4.78, 5) is 10.5. The van der Waals surface area contributed by atoms with E-state index in [1.807, 2.05) is 6.20 Å². The minimum absolute atomic E-state index is 0. The third-order valence-corrected chi connectivity index (χ3v) is 5.21. The van der Waals surface area contributed by atoms with Crippen molar-refractivity contribution >= 4 is 41.3 Å². The van der Waals surface area contributed by atoms with Crippen molar-refractivity contribution in [2.45, 2.75) is 66.2 Å². The number of hydrogen-bond acceptors (Lipinski definition) is 4. The van der Waals surface area contributed by atoms with Gasteiger partial charge in [-0.3, -0.25) is 0 Å². The predicted molar refractivity (Wildman–Crippen MR) is 134 cm³/mol. The zero-order valence-electron chi connectivity index (χ0n) is 18.2. The molecule has 0 aliphatic rings. The maximum absolute atomic E-state index is 5.87. The van der Waals surface area contributed by atoms with Gasteiger partial charge in [-0.1, -0.05) is 31.2 Å². The topological polar surface area (TPSA) is 58.5 Å². The molecular formula is C22H35IN4OS. The molecule has 2 N–H and O–H groups in total. The molecule has 0 aliphatic heterocycles. The molecule has 1 heterocycles.